The van der Waals surface area contributed by atoms with Gasteiger partial charge in [0.05, 0.1) is 11.2 Å². The number of hydrogen-bond donors (Lipinski definition) is 3. The fraction of sp³-hybridized carbons (Fsp3) is 0.429. The van der Waals surface area contributed by atoms with Gasteiger partial charge in [0.2, 0.25) is 0 Å². The number of carboxylic acids is 1. The second-order valence-electron chi connectivity index (χ2n) is 4.96. The first-order valence-corrected chi connectivity index (χ1v) is 7.09. The Bertz CT molecular complexity index is 514. The number of aromatic carboxylic acids is 1. The van der Waals surface area contributed by atoms with E-state index in [4.69, 9.17) is 5.11 Å². The maximum atomic E-state index is 12.0. The number of nitrogens with one attached hydrogen (secondary N) is 1. The van der Waals surface area contributed by atoms with Crippen molar-refractivity contribution >= 4 is 27.8 Å². The van der Waals surface area contributed by atoms with Crippen molar-refractivity contribution < 1.29 is 19.8 Å². The first-order valence-electron chi connectivity index (χ1n) is 6.29. The van der Waals surface area contributed by atoms with Gasteiger partial charge in [-0.15, -0.1) is 0 Å². The topological polar surface area (TPSA) is 86.6 Å². The fourth-order valence-electron chi connectivity index (χ4n) is 1.84. The van der Waals surface area contributed by atoms with Gasteiger partial charge < -0.3 is 15.5 Å². The number of carbonyl (C=O) groups is 2. The summed E-state index contributed by atoms with van der Waals surface area (Å²) >= 11 is 3.17. The minimum atomic E-state index is -1.10. The third-order valence-corrected chi connectivity index (χ3v) is 3.28. The summed E-state index contributed by atoms with van der Waals surface area (Å²) in [4.78, 5) is 22.9. The van der Waals surface area contributed by atoms with Crippen molar-refractivity contribution in [3.63, 3.8) is 0 Å². The zero-order valence-electron chi connectivity index (χ0n) is 11.4. The van der Waals surface area contributed by atoms with Gasteiger partial charge in [0.25, 0.3) is 5.91 Å². The summed E-state index contributed by atoms with van der Waals surface area (Å²) in [7, 11) is 0. The van der Waals surface area contributed by atoms with Crippen LogP contribution in [0.15, 0.2) is 22.7 Å². The van der Waals surface area contributed by atoms with Crippen LogP contribution in [0.2, 0.25) is 0 Å². The van der Waals surface area contributed by atoms with Gasteiger partial charge in [-0.1, -0.05) is 29.3 Å². The van der Waals surface area contributed by atoms with Crippen molar-refractivity contribution in [2.24, 2.45) is 0 Å². The van der Waals surface area contributed by atoms with E-state index in [9.17, 15) is 14.7 Å². The highest BCUT2D eigenvalue weighted by molar-refractivity contribution is 9.10. The molecule has 3 N–H and O–H groups in total. The first-order chi connectivity index (χ1) is 9.25. The van der Waals surface area contributed by atoms with E-state index in [0.717, 1.165) is 6.42 Å². The van der Waals surface area contributed by atoms with E-state index in [1.54, 1.807) is 6.92 Å². The normalized spacial score (nSPS) is 13.6. The highest BCUT2D eigenvalue weighted by Gasteiger charge is 2.20. The number of benzene rings is 1. The largest absolute Gasteiger partial charge is 0.478 e. The van der Waals surface area contributed by atoms with Crippen molar-refractivity contribution in [2.75, 3.05) is 6.54 Å². The SMILES string of the molecule is CCCC(C)(O)CNC(=O)c1cc(Br)cc(C(=O)O)c1. The standard InChI is InChI=1S/C14H18BrNO4/c1-3-4-14(2,20)8-16-12(17)9-5-10(13(18)19)7-11(15)6-9/h5-7,20H,3-4,8H2,1-2H3,(H,16,17)(H,18,19). The molecule has 0 aliphatic rings. The minimum Gasteiger partial charge on any atom is -0.478 e. The van der Waals surface area contributed by atoms with Gasteiger partial charge >= 0.3 is 5.97 Å². The summed E-state index contributed by atoms with van der Waals surface area (Å²) in [6.07, 6.45) is 1.38. The summed E-state index contributed by atoms with van der Waals surface area (Å²) in [5, 5.41) is 21.6. The lowest BCUT2D eigenvalue weighted by Crippen LogP contribution is -2.40. The average molecular weight is 344 g/mol. The molecule has 0 radical (unpaired) electrons. The summed E-state index contributed by atoms with van der Waals surface area (Å²) in [5.74, 6) is -1.51. The maximum Gasteiger partial charge on any atom is 0.335 e. The number of carbonyl (C=O) groups excluding carboxylic acids is 1. The van der Waals surface area contributed by atoms with E-state index in [1.165, 1.54) is 18.2 Å². The van der Waals surface area contributed by atoms with Crippen LogP contribution < -0.4 is 5.32 Å². The number of amides is 1. The van der Waals surface area contributed by atoms with Crippen LogP contribution in [0.1, 0.15) is 47.4 Å². The number of halogens is 1. The second-order valence-corrected chi connectivity index (χ2v) is 5.88. The van der Waals surface area contributed by atoms with E-state index in [1.807, 2.05) is 6.92 Å². The van der Waals surface area contributed by atoms with Crippen molar-refractivity contribution in [2.45, 2.75) is 32.3 Å². The van der Waals surface area contributed by atoms with Crippen molar-refractivity contribution in [3.05, 3.63) is 33.8 Å². The molecule has 0 bridgehead atoms. The predicted molar refractivity (Wildman–Crippen MR) is 79.0 cm³/mol. The smallest absolute Gasteiger partial charge is 0.335 e. The van der Waals surface area contributed by atoms with Crippen LogP contribution in [-0.2, 0) is 0 Å². The molecule has 0 saturated heterocycles. The molecular formula is C14H18BrNO4. The molecule has 20 heavy (non-hydrogen) atoms. The van der Waals surface area contributed by atoms with Crippen LogP contribution in [0.3, 0.4) is 0 Å². The molecule has 6 heteroatoms. The predicted octanol–water partition coefficient (Wildman–Crippen LogP) is 2.43. The van der Waals surface area contributed by atoms with Crippen LogP contribution in [0, 0.1) is 0 Å². The maximum absolute atomic E-state index is 12.0. The summed E-state index contributed by atoms with van der Waals surface area (Å²) < 4.78 is 0.517. The van der Waals surface area contributed by atoms with Gasteiger partial charge in [0.15, 0.2) is 0 Å². The third-order valence-electron chi connectivity index (χ3n) is 2.83. The van der Waals surface area contributed by atoms with Crippen molar-refractivity contribution in [1.82, 2.24) is 5.32 Å². The Hall–Kier alpha value is -1.40. The van der Waals surface area contributed by atoms with Crippen LogP contribution in [-0.4, -0.2) is 34.2 Å². The first kappa shape index (κ1) is 16.7. The van der Waals surface area contributed by atoms with Crippen LogP contribution in [0.25, 0.3) is 0 Å². The Morgan fingerprint density at radius 1 is 1.30 bits per heavy atom. The quantitative estimate of drug-likeness (QED) is 0.740. The Labute approximate surface area is 126 Å². The molecule has 1 rings (SSSR count). The molecule has 1 aromatic rings. The molecular weight excluding hydrogens is 326 g/mol. The number of carboxylic acid groups (broad SMARTS) is 1. The number of rotatable bonds is 6. The average Bonchev–Trinajstić information content (AvgIpc) is 2.35. The Morgan fingerprint density at radius 3 is 2.45 bits per heavy atom. The van der Waals surface area contributed by atoms with E-state index >= 15 is 0 Å². The highest BCUT2D eigenvalue weighted by atomic mass is 79.9. The van der Waals surface area contributed by atoms with Crippen LogP contribution in [0.5, 0.6) is 0 Å². The number of hydrogen-bond acceptors (Lipinski definition) is 3. The van der Waals surface area contributed by atoms with Crippen LogP contribution >= 0.6 is 15.9 Å². The summed E-state index contributed by atoms with van der Waals surface area (Å²) in [6, 6.07) is 4.26. The third kappa shape index (κ3) is 4.94. The molecule has 1 aromatic carbocycles. The lowest BCUT2D eigenvalue weighted by Gasteiger charge is -2.23. The molecule has 0 aliphatic heterocycles. The molecule has 0 aromatic heterocycles. The van der Waals surface area contributed by atoms with E-state index < -0.39 is 17.5 Å². The molecule has 0 aliphatic carbocycles. The fourth-order valence-corrected chi connectivity index (χ4v) is 2.34. The molecule has 0 spiro atoms. The Morgan fingerprint density at radius 2 is 1.90 bits per heavy atom. The monoisotopic (exact) mass is 343 g/mol. The molecule has 0 heterocycles. The van der Waals surface area contributed by atoms with Gasteiger partial charge in [-0.2, -0.15) is 0 Å². The highest BCUT2D eigenvalue weighted by Crippen LogP contribution is 2.17. The van der Waals surface area contributed by atoms with Crippen molar-refractivity contribution in [3.8, 4) is 0 Å². The van der Waals surface area contributed by atoms with Crippen LogP contribution in [0.4, 0.5) is 0 Å². The van der Waals surface area contributed by atoms with Crippen molar-refractivity contribution in [1.29, 1.82) is 0 Å². The van der Waals surface area contributed by atoms with Gasteiger partial charge in [-0.05, 0) is 31.5 Å². The van der Waals surface area contributed by atoms with E-state index in [2.05, 4.69) is 21.2 Å². The van der Waals surface area contributed by atoms with Gasteiger partial charge in [-0.25, -0.2) is 4.79 Å². The number of aliphatic hydroxyl groups is 1. The van der Waals surface area contributed by atoms with Gasteiger partial charge in [0.1, 0.15) is 0 Å². The van der Waals surface area contributed by atoms with Gasteiger partial charge in [0, 0.05) is 16.6 Å². The van der Waals surface area contributed by atoms with E-state index in [0.29, 0.717) is 10.9 Å². The molecule has 1 atom stereocenters. The van der Waals surface area contributed by atoms with E-state index in [-0.39, 0.29) is 17.7 Å². The summed E-state index contributed by atoms with van der Waals surface area (Å²) in [6.45, 7) is 3.72. The molecule has 0 saturated carbocycles. The lowest BCUT2D eigenvalue weighted by molar-refractivity contribution is 0.0469. The molecule has 5 nitrogen and oxygen atoms in total. The molecule has 110 valence electrons. The summed E-state index contributed by atoms with van der Waals surface area (Å²) in [5.41, 5.74) is -0.694. The molecule has 1 amide bonds. The molecule has 1 unspecified atom stereocenters. The Balaban J connectivity index is 2.80. The zero-order valence-corrected chi connectivity index (χ0v) is 13.0. The zero-order chi connectivity index (χ0) is 15.3. The minimum absolute atomic E-state index is 0.0323. The Kier molecular flexibility index (Phi) is 5.71. The lowest BCUT2D eigenvalue weighted by atomic mass is 10.0. The van der Waals surface area contributed by atoms with Gasteiger partial charge in [-0.3, -0.25) is 4.79 Å². The second kappa shape index (κ2) is 6.85. The molecule has 0 fully saturated rings.